The van der Waals surface area contributed by atoms with Crippen LogP contribution in [-0.2, 0) is 0 Å². The lowest BCUT2D eigenvalue weighted by Crippen LogP contribution is -2.21. The van der Waals surface area contributed by atoms with E-state index in [0.29, 0.717) is 16.7 Å². The van der Waals surface area contributed by atoms with Crippen molar-refractivity contribution in [1.29, 1.82) is 0 Å². The Morgan fingerprint density at radius 3 is 3.07 bits per heavy atom. The van der Waals surface area contributed by atoms with Gasteiger partial charge in [-0.3, -0.25) is 0 Å². The zero-order chi connectivity index (χ0) is 10.8. The van der Waals surface area contributed by atoms with Gasteiger partial charge >= 0.3 is 6.09 Å². The number of hydrogen-bond acceptors (Lipinski definition) is 4. The van der Waals surface area contributed by atoms with Gasteiger partial charge < -0.3 is 19.6 Å². The van der Waals surface area contributed by atoms with Crippen LogP contribution in [0.25, 0.3) is 11.0 Å². The van der Waals surface area contributed by atoms with Gasteiger partial charge in [0.15, 0.2) is 5.75 Å². The molecule has 15 heavy (non-hydrogen) atoms. The molecule has 0 atom stereocenters. The molecule has 5 heteroatoms. The molecule has 2 aromatic rings. The molecule has 0 unspecified atom stereocenters. The summed E-state index contributed by atoms with van der Waals surface area (Å²) in [6.45, 7) is 0. The SMILES string of the molecule is CNC(=O)Oc1ccc2occ(O)c2c1. The predicted octanol–water partition coefficient (Wildman–Crippen LogP) is 1.86. The second kappa shape index (κ2) is 3.53. The molecule has 2 rings (SSSR count). The van der Waals surface area contributed by atoms with E-state index in [9.17, 15) is 9.90 Å². The summed E-state index contributed by atoms with van der Waals surface area (Å²) in [5.74, 6) is 0.367. The minimum Gasteiger partial charge on any atom is -0.504 e. The molecule has 0 fully saturated rings. The number of nitrogens with one attached hydrogen (secondary N) is 1. The number of aromatic hydroxyl groups is 1. The summed E-state index contributed by atoms with van der Waals surface area (Å²) in [5.41, 5.74) is 0.539. The van der Waals surface area contributed by atoms with E-state index >= 15 is 0 Å². The Bertz CT molecular complexity index is 503. The van der Waals surface area contributed by atoms with Crippen LogP contribution in [0.5, 0.6) is 11.5 Å². The Labute approximate surface area is 85.3 Å². The highest BCUT2D eigenvalue weighted by Gasteiger charge is 2.07. The van der Waals surface area contributed by atoms with Crippen LogP contribution in [-0.4, -0.2) is 18.2 Å². The highest BCUT2D eigenvalue weighted by atomic mass is 16.5. The third-order valence-electron chi connectivity index (χ3n) is 1.94. The van der Waals surface area contributed by atoms with Crippen molar-refractivity contribution in [3.05, 3.63) is 24.5 Å². The van der Waals surface area contributed by atoms with Gasteiger partial charge in [0.1, 0.15) is 17.6 Å². The van der Waals surface area contributed by atoms with E-state index in [1.807, 2.05) is 0 Å². The summed E-state index contributed by atoms with van der Waals surface area (Å²) in [6, 6.07) is 4.73. The molecular formula is C10H9NO4. The molecule has 2 N–H and O–H groups in total. The van der Waals surface area contributed by atoms with Crippen LogP contribution in [0.3, 0.4) is 0 Å². The molecule has 78 valence electrons. The standard InChI is InChI=1S/C10H9NO4/c1-11-10(13)15-6-2-3-9-7(4-6)8(12)5-14-9/h2-5,12H,1H3,(H,11,13). The van der Waals surface area contributed by atoms with Crippen LogP contribution in [0.1, 0.15) is 0 Å². The number of hydrogen-bond donors (Lipinski definition) is 2. The van der Waals surface area contributed by atoms with E-state index in [1.165, 1.54) is 19.4 Å². The number of fused-ring (bicyclic) bond motifs is 1. The van der Waals surface area contributed by atoms with Gasteiger partial charge in [-0.25, -0.2) is 4.79 Å². The number of carbonyl (C=O) groups excluding carboxylic acids is 1. The van der Waals surface area contributed by atoms with Crippen molar-refractivity contribution < 1.29 is 19.1 Å². The van der Waals surface area contributed by atoms with Crippen molar-refractivity contribution >= 4 is 17.1 Å². The van der Waals surface area contributed by atoms with Crippen molar-refractivity contribution in [3.8, 4) is 11.5 Å². The maximum Gasteiger partial charge on any atom is 0.412 e. The van der Waals surface area contributed by atoms with Gasteiger partial charge in [-0.2, -0.15) is 0 Å². The van der Waals surface area contributed by atoms with Crippen LogP contribution in [0.15, 0.2) is 28.9 Å². The smallest absolute Gasteiger partial charge is 0.412 e. The first-order chi connectivity index (χ1) is 7.20. The lowest BCUT2D eigenvalue weighted by atomic mass is 10.2. The number of amides is 1. The van der Waals surface area contributed by atoms with Gasteiger partial charge in [-0.05, 0) is 18.2 Å². The molecule has 1 aromatic carbocycles. The first kappa shape index (κ1) is 9.39. The molecule has 1 amide bonds. The van der Waals surface area contributed by atoms with Crippen LogP contribution in [0, 0.1) is 0 Å². The summed E-state index contributed by atoms with van der Waals surface area (Å²) in [6.07, 6.45) is 0.672. The largest absolute Gasteiger partial charge is 0.504 e. The fraction of sp³-hybridized carbons (Fsp3) is 0.100. The van der Waals surface area contributed by atoms with E-state index in [2.05, 4.69) is 5.32 Å². The fourth-order valence-corrected chi connectivity index (χ4v) is 1.22. The number of furan rings is 1. The van der Waals surface area contributed by atoms with Gasteiger partial charge in [-0.15, -0.1) is 0 Å². The maximum absolute atomic E-state index is 10.9. The Kier molecular flexibility index (Phi) is 2.21. The van der Waals surface area contributed by atoms with Crippen molar-refractivity contribution in [2.45, 2.75) is 0 Å². The zero-order valence-corrected chi connectivity index (χ0v) is 7.98. The number of ether oxygens (including phenoxy) is 1. The molecule has 0 aliphatic rings. The summed E-state index contributed by atoms with van der Waals surface area (Å²) in [4.78, 5) is 10.9. The van der Waals surface area contributed by atoms with Crippen LogP contribution >= 0.6 is 0 Å². The zero-order valence-electron chi connectivity index (χ0n) is 7.98. The van der Waals surface area contributed by atoms with Gasteiger partial charge in [-0.1, -0.05) is 0 Å². The van der Waals surface area contributed by atoms with Crippen molar-refractivity contribution in [3.63, 3.8) is 0 Å². The molecule has 0 radical (unpaired) electrons. The summed E-state index contributed by atoms with van der Waals surface area (Å²) >= 11 is 0. The van der Waals surface area contributed by atoms with E-state index in [4.69, 9.17) is 9.15 Å². The Balaban J connectivity index is 2.37. The quantitative estimate of drug-likeness (QED) is 0.748. The highest BCUT2D eigenvalue weighted by Crippen LogP contribution is 2.29. The van der Waals surface area contributed by atoms with Crippen molar-refractivity contribution in [2.24, 2.45) is 0 Å². The molecule has 0 aliphatic carbocycles. The average Bonchev–Trinajstić information content (AvgIpc) is 2.60. The van der Waals surface area contributed by atoms with Gasteiger partial charge in [0.2, 0.25) is 0 Å². The number of carbonyl (C=O) groups is 1. The lowest BCUT2D eigenvalue weighted by Gasteiger charge is -2.02. The summed E-state index contributed by atoms with van der Waals surface area (Å²) in [7, 11) is 1.47. The van der Waals surface area contributed by atoms with E-state index in [0.717, 1.165) is 0 Å². The van der Waals surface area contributed by atoms with Crippen molar-refractivity contribution in [1.82, 2.24) is 5.32 Å². The van der Waals surface area contributed by atoms with E-state index in [-0.39, 0.29) is 5.75 Å². The highest BCUT2D eigenvalue weighted by molar-refractivity contribution is 5.85. The first-order valence-corrected chi connectivity index (χ1v) is 4.30. The van der Waals surface area contributed by atoms with Crippen molar-refractivity contribution in [2.75, 3.05) is 7.05 Å². The minimum atomic E-state index is -0.558. The maximum atomic E-state index is 10.9. The average molecular weight is 207 g/mol. The number of benzene rings is 1. The first-order valence-electron chi connectivity index (χ1n) is 4.30. The lowest BCUT2D eigenvalue weighted by molar-refractivity contribution is 0.203. The third-order valence-corrected chi connectivity index (χ3v) is 1.94. The van der Waals surface area contributed by atoms with E-state index in [1.54, 1.807) is 12.1 Å². The predicted molar refractivity (Wildman–Crippen MR) is 53.0 cm³/mol. The fourth-order valence-electron chi connectivity index (χ4n) is 1.22. The molecule has 1 heterocycles. The van der Waals surface area contributed by atoms with E-state index < -0.39 is 6.09 Å². The molecule has 1 aromatic heterocycles. The van der Waals surface area contributed by atoms with Crippen LogP contribution in [0.4, 0.5) is 4.79 Å². The second-order valence-electron chi connectivity index (χ2n) is 2.92. The topological polar surface area (TPSA) is 71.7 Å². The summed E-state index contributed by atoms with van der Waals surface area (Å²) in [5, 5.41) is 12.2. The molecule has 0 saturated heterocycles. The molecule has 0 spiro atoms. The Hall–Kier alpha value is -2.17. The van der Waals surface area contributed by atoms with Gasteiger partial charge in [0, 0.05) is 7.05 Å². The minimum absolute atomic E-state index is 0.0207. The number of rotatable bonds is 1. The normalized spacial score (nSPS) is 10.2. The van der Waals surface area contributed by atoms with Gasteiger partial charge in [0.05, 0.1) is 5.39 Å². The van der Waals surface area contributed by atoms with Crippen LogP contribution < -0.4 is 10.1 Å². The monoisotopic (exact) mass is 207 g/mol. The molecule has 0 saturated carbocycles. The van der Waals surface area contributed by atoms with Crippen LogP contribution in [0.2, 0.25) is 0 Å². The second-order valence-corrected chi connectivity index (χ2v) is 2.92. The Morgan fingerprint density at radius 2 is 2.33 bits per heavy atom. The summed E-state index contributed by atoms with van der Waals surface area (Å²) < 4.78 is 9.92. The molecular weight excluding hydrogens is 198 g/mol. The third kappa shape index (κ3) is 1.71. The molecule has 0 bridgehead atoms. The Morgan fingerprint density at radius 1 is 1.53 bits per heavy atom. The molecule has 0 aliphatic heterocycles. The van der Waals surface area contributed by atoms with Gasteiger partial charge in [0.25, 0.3) is 0 Å². The molecule has 5 nitrogen and oxygen atoms in total.